The van der Waals surface area contributed by atoms with E-state index in [0.29, 0.717) is 18.3 Å². The van der Waals surface area contributed by atoms with Crippen molar-refractivity contribution in [3.63, 3.8) is 0 Å². The third-order valence-electron chi connectivity index (χ3n) is 2.44. The summed E-state index contributed by atoms with van der Waals surface area (Å²) in [5.41, 5.74) is 0. The summed E-state index contributed by atoms with van der Waals surface area (Å²) in [6.07, 6.45) is 1.66. The van der Waals surface area contributed by atoms with E-state index in [4.69, 9.17) is 9.15 Å². The molecule has 0 fully saturated rings. The summed E-state index contributed by atoms with van der Waals surface area (Å²) in [4.78, 5) is 8.52. The van der Waals surface area contributed by atoms with Crippen LogP contribution in [0.25, 0.3) is 0 Å². The molecular formula is C13H17N3O2. The van der Waals surface area contributed by atoms with Gasteiger partial charge in [0.05, 0.1) is 18.9 Å². The van der Waals surface area contributed by atoms with Crippen molar-refractivity contribution < 1.29 is 9.15 Å². The van der Waals surface area contributed by atoms with Gasteiger partial charge in [0.25, 0.3) is 0 Å². The number of rotatable bonds is 5. The minimum Gasteiger partial charge on any atom is -0.478 e. The maximum Gasteiger partial charge on any atom is 0.218 e. The Bertz CT molecular complexity index is 497. The normalized spacial score (nSPS) is 12.2. The van der Waals surface area contributed by atoms with E-state index in [9.17, 15) is 0 Å². The van der Waals surface area contributed by atoms with Gasteiger partial charge < -0.3 is 14.5 Å². The molecule has 0 aromatic carbocycles. The molecule has 0 spiro atoms. The largest absolute Gasteiger partial charge is 0.478 e. The van der Waals surface area contributed by atoms with E-state index >= 15 is 0 Å². The van der Waals surface area contributed by atoms with Gasteiger partial charge in [0, 0.05) is 6.07 Å². The summed E-state index contributed by atoms with van der Waals surface area (Å²) in [5.74, 6) is 2.85. The molecule has 0 saturated carbocycles. The third-order valence-corrected chi connectivity index (χ3v) is 2.44. The molecule has 2 rings (SSSR count). The van der Waals surface area contributed by atoms with Gasteiger partial charge in [-0.25, -0.2) is 4.98 Å². The SMILES string of the molecule is CCOc1cc(NC(C)c2ccco2)nc(C)n1. The zero-order valence-corrected chi connectivity index (χ0v) is 10.8. The lowest BCUT2D eigenvalue weighted by Crippen LogP contribution is -2.09. The van der Waals surface area contributed by atoms with Gasteiger partial charge in [0.1, 0.15) is 17.4 Å². The molecule has 0 aliphatic rings. The third kappa shape index (κ3) is 3.00. The average Bonchev–Trinajstić information content (AvgIpc) is 2.81. The van der Waals surface area contributed by atoms with Crippen LogP contribution in [0, 0.1) is 6.92 Å². The molecule has 2 aromatic heterocycles. The minimum atomic E-state index is 0.0452. The fourth-order valence-corrected chi connectivity index (χ4v) is 1.67. The Labute approximate surface area is 106 Å². The van der Waals surface area contributed by atoms with E-state index in [1.807, 2.05) is 32.9 Å². The van der Waals surface area contributed by atoms with Crippen molar-refractivity contribution >= 4 is 5.82 Å². The summed E-state index contributed by atoms with van der Waals surface area (Å²) in [6.45, 7) is 6.36. The second-order valence-corrected chi connectivity index (χ2v) is 3.95. The number of anilines is 1. The number of nitrogens with one attached hydrogen (secondary N) is 1. The van der Waals surface area contributed by atoms with Gasteiger partial charge in [-0.15, -0.1) is 0 Å². The van der Waals surface area contributed by atoms with E-state index in [1.165, 1.54) is 0 Å². The highest BCUT2D eigenvalue weighted by Crippen LogP contribution is 2.20. The molecule has 1 unspecified atom stereocenters. The van der Waals surface area contributed by atoms with E-state index in [1.54, 1.807) is 12.3 Å². The van der Waals surface area contributed by atoms with E-state index in [-0.39, 0.29) is 6.04 Å². The van der Waals surface area contributed by atoms with Gasteiger partial charge in [-0.1, -0.05) is 0 Å². The number of hydrogen-bond donors (Lipinski definition) is 1. The van der Waals surface area contributed by atoms with Crippen LogP contribution in [0.5, 0.6) is 5.88 Å². The lowest BCUT2D eigenvalue weighted by atomic mass is 10.2. The van der Waals surface area contributed by atoms with Crippen molar-refractivity contribution in [2.24, 2.45) is 0 Å². The van der Waals surface area contributed by atoms with Gasteiger partial charge in [-0.2, -0.15) is 4.98 Å². The second kappa shape index (κ2) is 5.53. The number of aromatic nitrogens is 2. The standard InChI is InChI=1S/C13H17N3O2/c1-4-17-13-8-12(15-10(3)16-13)14-9(2)11-6-5-7-18-11/h5-9H,4H2,1-3H3,(H,14,15,16). The highest BCUT2D eigenvalue weighted by Gasteiger charge is 2.10. The van der Waals surface area contributed by atoms with Crippen LogP contribution in [0.4, 0.5) is 5.82 Å². The Balaban J connectivity index is 2.13. The Hall–Kier alpha value is -2.04. The molecule has 5 heteroatoms. The van der Waals surface area contributed by atoms with Crippen LogP contribution in [-0.2, 0) is 0 Å². The van der Waals surface area contributed by atoms with E-state index in [0.717, 1.165) is 11.6 Å². The van der Waals surface area contributed by atoms with E-state index < -0.39 is 0 Å². The molecule has 1 N–H and O–H groups in total. The predicted octanol–water partition coefficient (Wildman–Crippen LogP) is 2.95. The molecule has 0 aliphatic carbocycles. The monoisotopic (exact) mass is 247 g/mol. The molecule has 0 bridgehead atoms. The van der Waals surface area contributed by atoms with Gasteiger partial charge in [0.15, 0.2) is 0 Å². The smallest absolute Gasteiger partial charge is 0.218 e. The second-order valence-electron chi connectivity index (χ2n) is 3.95. The Morgan fingerprint density at radius 1 is 1.44 bits per heavy atom. The molecule has 1 atom stereocenters. The lowest BCUT2D eigenvalue weighted by molar-refractivity contribution is 0.325. The predicted molar refractivity (Wildman–Crippen MR) is 68.7 cm³/mol. The van der Waals surface area contributed by atoms with Gasteiger partial charge in [0.2, 0.25) is 5.88 Å². The Morgan fingerprint density at radius 3 is 2.94 bits per heavy atom. The maximum atomic E-state index is 5.39. The number of furan rings is 1. The van der Waals surface area contributed by atoms with Gasteiger partial charge in [-0.05, 0) is 32.9 Å². The molecule has 2 heterocycles. The van der Waals surface area contributed by atoms with Crippen LogP contribution in [0.2, 0.25) is 0 Å². The average molecular weight is 247 g/mol. The van der Waals surface area contributed by atoms with Crippen molar-refractivity contribution in [3.8, 4) is 5.88 Å². The first-order valence-corrected chi connectivity index (χ1v) is 5.97. The van der Waals surface area contributed by atoms with Crippen molar-refractivity contribution in [1.82, 2.24) is 9.97 Å². The summed E-state index contributed by atoms with van der Waals surface area (Å²) in [7, 11) is 0. The number of nitrogens with zero attached hydrogens (tertiary/aromatic N) is 2. The first-order chi connectivity index (χ1) is 8.69. The number of ether oxygens (including phenoxy) is 1. The Kier molecular flexibility index (Phi) is 3.82. The van der Waals surface area contributed by atoms with Crippen LogP contribution in [-0.4, -0.2) is 16.6 Å². The fourth-order valence-electron chi connectivity index (χ4n) is 1.67. The van der Waals surface area contributed by atoms with Gasteiger partial charge in [-0.3, -0.25) is 0 Å². The number of hydrogen-bond acceptors (Lipinski definition) is 5. The first-order valence-electron chi connectivity index (χ1n) is 5.97. The number of aryl methyl sites for hydroxylation is 1. The summed E-state index contributed by atoms with van der Waals surface area (Å²) < 4.78 is 10.7. The van der Waals surface area contributed by atoms with Crippen molar-refractivity contribution in [2.75, 3.05) is 11.9 Å². The van der Waals surface area contributed by atoms with Crippen LogP contribution >= 0.6 is 0 Å². The summed E-state index contributed by atoms with van der Waals surface area (Å²) >= 11 is 0. The highest BCUT2D eigenvalue weighted by atomic mass is 16.5. The first kappa shape index (κ1) is 12.4. The van der Waals surface area contributed by atoms with Crippen LogP contribution in [0.15, 0.2) is 28.9 Å². The highest BCUT2D eigenvalue weighted by molar-refractivity contribution is 5.40. The molecular weight excluding hydrogens is 230 g/mol. The molecule has 0 saturated heterocycles. The van der Waals surface area contributed by atoms with Crippen molar-refractivity contribution in [2.45, 2.75) is 26.8 Å². The molecule has 5 nitrogen and oxygen atoms in total. The maximum absolute atomic E-state index is 5.39. The molecule has 2 aromatic rings. The molecule has 0 radical (unpaired) electrons. The summed E-state index contributed by atoms with van der Waals surface area (Å²) in [6, 6.07) is 5.62. The van der Waals surface area contributed by atoms with Crippen molar-refractivity contribution in [3.05, 3.63) is 36.0 Å². The lowest BCUT2D eigenvalue weighted by Gasteiger charge is -2.13. The van der Waals surface area contributed by atoms with Crippen LogP contribution in [0.3, 0.4) is 0 Å². The quantitative estimate of drug-likeness (QED) is 0.880. The molecule has 96 valence electrons. The topological polar surface area (TPSA) is 60.2 Å². The summed E-state index contributed by atoms with van der Waals surface area (Å²) in [5, 5.41) is 3.26. The molecule has 18 heavy (non-hydrogen) atoms. The Morgan fingerprint density at radius 2 is 2.28 bits per heavy atom. The fraction of sp³-hybridized carbons (Fsp3) is 0.385. The zero-order valence-electron chi connectivity index (χ0n) is 10.8. The zero-order chi connectivity index (χ0) is 13.0. The molecule has 0 amide bonds. The van der Waals surface area contributed by atoms with Gasteiger partial charge >= 0.3 is 0 Å². The van der Waals surface area contributed by atoms with Crippen LogP contribution < -0.4 is 10.1 Å². The van der Waals surface area contributed by atoms with Crippen LogP contribution in [0.1, 0.15) is 31.5 Å². The minimum absolute atomic E-state index is 0.0452. The van der Waals surface area contributed by atoms with Crippen molar-refractivity contribution in [1.29, 1.82) is 0 Å². The van der Waals surface area contributed by atoms with E-state index in [2.05, 4.69) is 15.3 Å². The molecule has 0 aliphatic heterocycles.